The summed E-state index contributed by atoms with van der Waals surface area (Å²) in [5, 5.41) is -5.70. The van der Waals surface area contributed by atoms with Gasteiger partial charge in [0.2, 0.25) is 0 Å². The van der Waals surface area contributed by atoms with E-state index in [1.165, 1.54) is 0 Å². The van der Waals surface area contributed by atoms with Crippen LogP contribution in [0.4, 0.5) is 22.0 Å². The van der Waals surface area contributed by atoms with E-state index in [4.69, 9.17) is 4.55 Å². The highest BCUT2D eigenvalue weighted by atomic mass is 32.2. The molecule has 5 nitrogen and oxygen atoms in total. The lowest BCUT2D eigenvalue weighted by atomic mass is 9.58. The van der Waals surface area contributed by atoms with Crippen LogP contribution in [0.5, 0.6) is 0 Å². The number of hydrogen-bond donors (Lipinski definition) is 1. The molecule has 3 unspecified atom stereocenters. The normalized spacial score (nSPS) is 33.4. The topological polar surface area (TPSA) is 80.7 Å². The van der Waals surface area contributed by atoms with Gasteiger partial charge >= 0.3 is 27.5 Å². The van der Waals surface area contributed by atoms with Crippen LogP contribution in [0.2, 0.25) is 0 Å². The highest BCUT2D eigenvalue weighted by molar-refractivity contribution is 7.86. The van der Waals surface area contributed by atoms with Crippen molar-refractivity contribution in [2.75, 3.05) is 0 Å². The van der Waals surface area contributed by atoms with E-state index in [-0.39, 0.29) is 31.1 Å². The first-order chi connectivity index (χ1) is 12.1. The van der Waals surface area contributed by atoms with Crippen LogP contribution < -0.4 is 0 Å². The molecule has 2 aliphatic rings. The van der Waals surface area contributed by atoms with Crippen LogP contribution in [0.15, 0.2) is 0 Å². The summed E-state index contributed by atoms with van der Waals surface area (Å²) >= 11 is 0. The third-order valence-electron chi connectivity index (χ3n) is 5.78. The molecule has 0 aromatic rings. The molecule has 1 N–H and O–H groups in total. The van der Waals surface area contributed by atoms with Gasteiger partial charge in [0.05, 0.1) is 5.41 Å². The van der Waals surface area contributed by atoms with Crippen LogP contribution in [-0.4, -0.2) is 36.5 Å². The maximum absolute atomic E-state index is 13.7. The van der Waals surface area contributed by atoms with Crippen LogP contribution in [-0.2, 0) is 19.6 Å². The Labute approximate surface area is 154 Å². The summed E-state index contributed by atoms with van der Waals surface area (Å²) in [5.74, 6) is -0.927. The van der Waals surface area contributed by atoms with E-state index in [1.807, 2.05) is 6.92 Å². The molecule has 0 radical (unpaired) electrons. The van der Waals surface area contributed by atoms with Crippen LogP contribution in [0.1, 0.15) is 52.4 Å². The Morgan fingerprint density at radius 1 is 1.15 bits per heavy atom. The molecule has 0 saturated heterocycles. The molecular formula is C16H23F5O5S. The number of carbonyl (C=O) groups excluding carboxylic acids is 1. The SMILES string of the molecule is CCC1(C(=O)OC(C(F)(F)F)C(F)(F)S(=O)(=O)O)CC2CC(C)CC(C2)C1. The van der Waals surface area contributed by atoms with Crippen LogP contribution >= 0.6 is 0 Å². The van der Waals surface area contributed by atoms with Gasteiger partial charge in [-0.15, -0.1) is 0 Å². The molecule has 2 fully saturated rings. The molecule has 2 aliphatic carbocycles. The molecule has 0 aliphatic heterocycles. The molecule has 0 spiro atoms. The molecule has 11 heteroatoms. The van der Waals surface area contributed by atoms with Gasteiger partial charge in [-0.05, 0) is 56.3 Å². The Bertz CT molecular complexity index is 657. The number of hydrogen-bond acceptors (Lipinski definition) is 4. The maximum Gasteiger partial charge on any atom is 0.432 e. The molecule has 0 aromatic heterocycles. The average Bonchev–Trinajstić information content (AvgIpc) is 2.48. The van der Waals surface area contributed by atoms with E-state index < -0.39 is 39.0 Å². The maximum atomic E-state index is 13.7. The van der Waals surface area contributed by atoms with Crippen molar-refractivity contribution in [2.24, 2.45) is 23.2 Å². The molecule has 2 bridgehead atoms. The first-order valence-electron chi connectivity index (χ1n) is 8.75. The number of alkyl halides is 5. The number of esters is 1. The number of rotatable bonds is 5. The fourth-order valence-electron chi connectivity index (χ4n) is 4.71. The second-order valence-corrected chi connectivity index (χ2v) is 9.44. The van der Waals surface area contributed by atoms with Gasteiger partial charge in [0.25, 0.3) is 6.10 Å². The smallest absolute Gasteiger partial charge is 0.432 e. The van der Waals surface area contributed by atoms with E-state index >= 15 is 0 Å². The summed E-state index contributed by atoms with van der Waals surface area (Å²) < 4.78 is 101. The van der Waals surface area contributed by atoms with Crippen molar-refractivity contribution in [3.63, 3.8) is 0 Å². The lowest BCUT2D eigenvalue weighted by Gasteiger charge is -2.47. The minimum Gasteiger partial charge on any atom is -0.444 e. The standard InChI is InChI=1S/C16H23F5O5S/c1-3-14(7-10-4-9(2)5-11(6-10)8-14)13(22)26-12(15(17,18)19)16(20,21)27(23,24)25/h9-12H,3-8H2,1-2H3,(H,23,24,25). The van der Waals surface area contributed by atoms with Gasteiger partial charge in [-0.2, -0.15) is 30.4 Å². The van der Waals surface area contributed by atoms with Crippen molar-refractivity contribution in [1.82, 2.24) is 0 Å². The molecule has 2 rings (SSSR count). The van der Waals surface area contributed by atoms with E-state index in [0.29, 0.717) is 5.92 Å². The zero-order valence-electron chi connectivity index (χ0n) is 14.9. The Balaban J connectivity index is 2.31. The zero-order chi connectivity index (χ0) is 20.8. The van der Waals surface area contributed by atoms with E-state index in [0.717, 1.165) is 19.3 Å². The summed E-state index contributed by atoms with van der Waals surface area (Å²) in [5.41, 5.74) is -1.37. The minimum atomic E-state index is -6.44. The number of fused-ring (bicyclic) bond motifs is 2. The van der Waals surface area contributed by atoms with Crippen molar-refractivity contribution in [2.45, 2.75) is 69.9 Å². The van der Waals surface area contributed by atoms with Crippen molar-refractivity contribution >= 4 is 16.1 Å². The third kappa shape index (κ3) is 4.38. The predicted octanol–water partition coefficient (Wildman–Crippen LogP) is 4.18. The molecule has 27 heavy (non-hydrogen) atoms. The highest BCUT2D eigenvalue weighted by Gasteiger charge is 2.67. The van der Waals surface area contributed by atoms with E-state index in [2.05, 4.69) is 4.74 Å². The van der Waals surface area contributed by atoms with Gasteiger partial charge in [-0.1, -0.05) is 13.8 Å². The van der Waals surface area contributed by atoms with Crippen LogP contribution in [0.25, 0.3) is 0 Å². The molecule has 158 valence electrons. The second-order valence-electron chi connectivity index (χ2n) is 7.95. The Morgan fingerprint density at radius 2 is 1.63 bits per heavy atom. The summed E-state index contributed by atoms with van der Waals surface area (Å²) in [7, 11) is -6.44. The summed E-state index contributed by atoms with van der Waals surface area (Å²) in [6, 6.07) is 0. The van der Waals surface area contributed by atoms with E-state index in [1.54, 1.807) is 6.92 Å². The van der Waals surface area contributed by atoms with Crippen molar-refractivity contribution < 1.29 is 44.5 Å². The number of halogens is 5. The second kappa shape index (κ2) is 7.13. The summed E-state index contributed by atoms with van der Waals surface area (Å²) in [6.07, 6.45) is -7.22. The molecule has 3 atom stereocenters. The summed E-state index contributed by atoms with van der Waals surface area (Å²) in [4.78, 5) is 12.6. The van der Waals surface area contributed by atoms with Gasteiger partial charge in [0, 0.05) is 0 Å². The summed E-state index contributed by atoms with van der Waals surface area (Å²) in [6.45, 7) is 3.61. The Kier molecular flexibility index (Phi) is 5.89. The number of carbonyl (C=O) groups is 1. The van der Waals surface area contributed by atoms with Crippen molar-refractivity contribution in [1.29, 1.82) is 0 Å². The third-order valence-corrected chi connectivity index (χ3v) is 6.68. The minimum absolute atomic E-state index is 0.0754. The first kappa shape index (κ1) is 22.3. The fraction of sp³-hybridized carbons (Fsp3) is 0.938. The van der Waals surface area contributed by atoms with Crippen molar-refractivity contribution in [3.8, 4) is 0 Å². The monoisotopic (exact) mass is 422 g/mol. The highest BCUT2D eigenvalue weighted by Crippen LogP contribution is 2.53. The average molecular weight is 422 g/mol. The largest absolute Gasteiger partial charge is 0.444 e. The quantitative estimate of drug-likeness (QED) is 0.408. The van der Waals surface area contributed by atoms with Crippen molar-refractivity contribution in [3.05, 3.63) is 0 Å². The van der Waals surface area contributed by atoms with Gasteiger partial charge < -0.3 is 4.74 Å². The molecule has 0 heterocycles. The lowest BCUT2D eigenvalue weighted by molar-refractivity contribution is -0.264. The van der Waals surface area contributed by atoms with Crippen LogP contribution in [0, 0.1) is 23.2 Å². The van der Waals surface area contributed by atoms with Crippen LogP contribution in [0.3, 0.4) is 0 Å². The van der Waals surface area contributed by atoms with Gasteiger partial charge in [0.1, 0.15) is 0 Å². The Hall–Kier alpha value is -0.970. The molecule has 0 aromatic carbocycles. The van der Waals surface area contributed by atoms with Gasteiger partial charge in [0.15, 0.2) is 0 Å². The number of ether oxygens (including phenoxy) is 1. The lowest BCUT2D eigenvalue weighted by Crippen LogP contribution is -2.54. The molecular weight excluding hydrogens is 399 g/mol. The first-order valence-corrected chi connectivity index (χ1v) is 10.2. The van der Waals surface area contributed by atoms with Gasteiger partial charge in [-0.3, -0.25) is 9.35 Å². The van der Waals surface area contributed by atoms with E-state index in [9.17, 15) is 35.2 Å². The predicted molar refractivity (Wildman–Crippen MR) is 84.4 cm³/mol. The van der Waals surface area contributed by atoms with Gasteiger partial charge in [-0.25, -0.2) is 0 Å². The zero-order valence-corrected chi connectivity index (χ0v) is 15.7. The Morgan fingerprint density at radius 3 is 2.00 bits per heavy atom. The molecule has 0 amide bonds. The fourth-order valence-corrected chi connectivity index (χ4v) is 5.17. The molecule has 2 saturated carbocycles.